The number of rotatable bonds is 9. The van der Waals surface area contributed by atoms with Crippen LogP contribution in [0.1, 0.15) is 76.3 Å². The Morgan fingerprint density at radius 2 is 1.30 bits per heavy atom. The molecule has 0 aromatic heterocycles. The molecule has 4 rings (SSSR count). The van der Waals surface area contributed by atoms with Crippen molar-refractivity contribution in [2.24, 2.45) is 0 Å². The van der Waals surface area contributed by atoms with Gasteiger partial charge in [-0.2, -0.15) is 4.31 Å². The minimum atomic E-state index is -4.93. The highest BCUT2D eigenvalue weighted by Crippen LogP contribution is 2.56. The van der Waals surface area contributed by atoms with Gasteiger partial charge in [0.2, 0.25) is 0 Å². The third-order valence-corrected chi connectivity index (χ3v) is 8.43. The van der Waals surface area contributed by atoms with Crippen LogP contribution in [0.4, 0.5) is 30.0 Å². The number of ether oxygens (including phenoxy) is 2. The number of carbonyl (C=O) groups is 3. The predicted octanol–water partition coefficient (Wildman–Crippen LogP) is 8.62. The lowest BCUT2D eigenvalue weighted by Crippen LogP contribution is -2.49. The van der Waals surface area contributed by atoms with Crippen LogP contribution in [0.15, 0.2) is 60.7 Å². The lowest BCUT2D eigenvalue weighted by atomic mass is 9.92. The van der Waals surface area contributed by atoms with Crippen molar-refractivity contribution in [1.29, 1.82) is 0 Å². The zero-order valence-corrected chi connectivity index (χ0v) is 27.0. The number of halogens is 5. The first kappa shape index (κ1) is 38.8. The predicted molar refractivity (Wildman–Crippen MR) is 168 cm³/mol. The molecule has 0 aliphatic heterocycles. The number of hydrogen-bond acceptors (Lipinski definition) is 6. The average Bonchev–Trinajstić information content (AvgIpc) is 3.03. The van der Waals surface area contributed by atoms with E-state index in [0.29, 0.717) is 30.0 Å². The molecule has 2 aliphatic rings. The van der Waals surface area contributed by atoms with Crippen LogP contribution in [0.3, 0.4) is 0 Å². The maximum absolute atomic E-state index is 13.5. The van der Waals surface area contributed by atoms with Gasteiger partial charge in [-0.1, -0.05) is 87.4 Å². The Balaban J connectivity index is 0.000000256. The number of ketones is 1. The highest BCUT2D eigenvalue weighted by atomic mass is 32.3. The summed E-state index contributed by atoms with van der Waals surface area (Å²) >= 11 is -4.93. The number of benzene rings is 2. The van der Waals surface area contributed by atoms with E-state index in [4.69, 9.17) is 9.47 Å². The summed E-state index contributed by atoms with van der Waals surface area (Å²) in [6.07, 6.45) is 3.23. The molecule has 2 aliphatic carbocycles. The topological polar surface area (TPSA) is 97.0 Å². The van der Waals surface area contributed by atoms with Gasteiger partial charge in [0.1, 0.15) is 13.2 Å². The number of carbonyl (C=O) groups excluding carboxylic acids is 3. The van der Waals surface area contributed by atoms with Crippen LogP contribution >= 0.6 is 11.4 Å². The standard InChI is InChI=1S/C14H17F2NO2.C14H17NO3.C4H10F3NS/c15-14(16)9-5-4-8-12(14)17-13(18)19-10-11-6-2-1-3-7-11;16-13-9-5-4-8-12(13)15-14(17)18-10-11-6-2-1-3-7-11;1-3-8(4-2)9(5,6)7/h1-3,6-7,12H,4-5,8-10H2,(H,17,18);1-3,6-7,12H,4-5,8-10H2,(H,15,17);3-4H2,1-2H3. The minimum Gasteiger partial charge on any atom is -0.445 e. The van der Waals surface area contributed by atoms with Crippen molar-refractivity contribution < 1.29 is 44.3 Å². The normalized spacial score (nSPS) is 19.3. The molecule has 0 radical (unpaired) electrons. The number of Topliss-reactive ketones (excluding diaryl/α,β-unsaturated/α-hetero) is 1. The largest absolute Gasteiger partial charge is 0.445 e. The molecular formula is C32H44F5N3O5S. The maximum Gasteiger partial charge on any atom is 0.408 e. The SMILES string of the molecule is CCN(CC)S(F)(F)F.O=C(NC1CCCCC1(F)F)OCc1ccccc1.O=C(NC1CCCCC1=O)OCc1ccccc1. The molecule has 0 spiro atoms. The van der Waals surface area contributed by atoms with E-state index in [2.05, 4.69) is 10.6 Å². The second-order valence-electron chi connectivity index (χ2n) is 10.7. The van der Waals surface area contributed by atoms with E-state index in [1.54, 1.807) is 0 Å². The van der Waals surface area contributed by atoms with E-state index < -0.39 is 35.5 Å². The molecule has 2 N–H and O–H groups in total. The fourth-order valence-corrected chi connectivity index (χ4v) is 5.32. The summed E-state index contributed by atoms with van der Waals surface area (Å²) in [5.41, 5.74) is 1.76. The van der Waals surface area contributed by atoms with E-state index >= 15 is 0 Å². The number of alkyl halides is 2. The van der Waals surface area contributed by atoms with Crippen LogP contribution in [-0.2, 0) is 27.5 Å². The average molecular weight is 678 g/mol. The van der Waals surface area contributed by atoms with Crippen LogP contribution in [0.5, 0.6) is 0 Å². The zero-order chi connectivity index (χ0) is 34.0. The van der Waals surface area contributed by atoms with E-state index in [1.165, 1.54) is 13.8 Å². The van der Waals surface area contributed by atoms with Gasteiger partial charge in [-0.3, -0.25) is 4.79 Å². The Kier molecular flexibility index (Phi) is 16.8. The molecule has 0 heterocycles. The second-order valence-corrected chi connectivity index (χ2v) is 12.0. The Morgan fingerprint density at radius 3 is 1.74 bits per heavy atom. The zero-order valence-electron chi connectivity index (χ0n) is 26.2. The van der Waals surface area contributed by atoms with Gasteiger partial charge in [-0.25, -0.2) is 18.4 Å². The maximum atomic E-state index is 13.5. The van der Waals surface area contributed by atoms with Gasteiger partial charge in [-0.05, 0) is 36.8 Å². The molecule has 0 saturated heterocycles. The van der Waals surface area contributed by atoms with Gasteiger partial charge < -0.3 is 20.1 Å². The third kappa shape index (κ3) is 14.8. The van der Waals surface area contributed by atoms with Crippen molar-refractivity contribution in [3.63, 3.8) is 0 Å². The monoisotopic (exact) mass is 677 g/mol. The summed E-state index contributed by atoms with van der Waals surface area (Å²) in [7, 11) is 0. The summed E-state index contributed by atoms with van der Waals surface area (Å²) in [4.78, 5) is 34.6. The molecule has 2 saturated carbocycles. The van der Waals surface area contributed by atoms with Crippen molar-refractivity contribution in [3.05, 3.63) is 71.8 Å². The smallest absolute Gasteiger partial charge is 0.408 e. The molecule has 8 nitrogen and oxygen atoms in total. The third-order valence-electron chi connectivity index (χ3n) is 7.33. The summed E-state index contributed by atoms with van der Waals surface area (Å²) in [6, 6.07) is 17.1. The quantitative estimate of drug-likeness (QED) is 0.258. The first-order valence-corrected chi connectivity index (χ1v) is 16.7. The molecule has 258 valence electrons. The molecular weight excluding hydrogens is 633 g/mol. The molecule has 2 amide bonds. The van der Waals surface area contributed by atoms with Gasteiger partial charge in [0.15, 0.2) is 5.78 Å². The van der Waals surface area contributed by atoms with Crippen molar-refractivity contribution in [1.82, 2.24) is 14.9 Å². The van der Waals surface area contributed by atoms with Crippen molar-refractivity contribution in [2.75, 3.05) is 13.1 Å². The van der Waals surface area contributed by atoms with Crippen LogP contribution < -0.4 is 10.6 Å². The molecule has 14 heteroatoms. The molecule has 2 atom stereocenters. The molecule has 2 aromatic carbocycles. The van der Waals surface area contributed by atoms with Crippen molar-refractivity contribution in [3.8, 4) is 0 Å². The molecule has 2 unspecified atom stereocenters. The van der Waals surface area contributed by atoms with Gasteiger partial charge in [0.05, 0.1) is 12.1 Å². The second kappa shape index (κ2) is 20.0. The highest BCUT2D eigenvalue weighted by Gasteiger charge is 2.42. The summed E-state index contributed by atoms with van der Waals surface area (Å²) < 4.78 is 72.8. The summed E-state index contributed by atoms with van der Waals surface area (Å²) in [5.74, 6) is -2.72. The number of hydrogen-bond donors (Lipinski definition) is 2. The van der Waals surface area contributed by atoms with E-state index in [9.17, 15) is 34.8 Å². The molecule has 46 heavy (non-hydrogen) atoms. The van der Waals surface area contributed by atoms with E-state index in [1.807, 2.05) is 60.7 Å². The van der Waals surface area contributed by atoms with Gasteiger partial charge >= 0.3 is 12.2 Å². The van der Waals surface area contributed by atoms with E-state index in [-0.39, 0.29) is 44.5 Å². The first-order valence-electron chi connectivity index (χ1n) is 15.4. The Hall–Kier alpha value is -3.39. The number of alkyl carbamates (subject to hydrolysis) is 2. The summed E-state index contributed by atoms with van der Waals surface area (Å²) in [6.45, 7) is 3.46. The van der Waals surface area contributed by atoms with Crippen LogP contribution in [-0.4, -0.2) is 53.4 Å². The van der Waals surface area contributed by atoms with Crippen LogP contribution in [0.2, 0.25) is 0 Å². The number of nitrogens with zero attached hydrogens (tertiary/aromatic N) is 1. The summed E-state index contributed by atoms with van der Waals surface area (Å²) in [5, 5.41) is 4.90. The van der Waals surface area contributed by atoms with Gasteiger partial charge in [-0.15, -0.1) is 11.7 Å². The molecule has 0 bridgehead atoms. The number of amides is 2. The molecule has 2 fully saturated rings. The fourth-order valence-electron chi connectivity index (χ4n) is 4.74. The lowest BCUT2D eigenvalue weighted by molar-refractivity contribution is -0.122. The first-order chi connectivity index (χ1) is 21.9. The van der Waals surface area contributed by atoms with Gasteiger partial charge in [0.25, 0.3) is 17.3 Å². The van der Waals surface area contributed by atoms with Crippen LogP contribution in [0, 0.1) is 0 Å². The minimum absolute atomic E-state index is 0.0648. The molecule has 2 aromatic rings. The van der Waals surface area contributed by atoms with Crippen molar-refractivity contribution in [2.45, 2.75) is 96.4 Å². The number of nitrogens with one attached hydrogen (secondary N) is 2. The fraction of sp³-hybridized carbons (Fsp3) is 0.531. The Labute approximate surface area is 269 Å². The lowest BCUT2D eigenvalue weighted by Gasteiger charge is -2.31. The van der Waals surface area contributed by atoms with Gasteiger partial charge in [0, 0.05) is 25.9 Å². The van der Waals surface area contributed by atoms with Crippen LogP contribution in [0.25, 0.3) is 0 Å². The van der Waals surface area contributed by atoms with Crippen molar-refractivity contribution >= 4 is 29.3 Å². The van der Waals surface area contributed by atoms with E-state index in [0.717, 1.165) is 30.4 Å². The highest BCUT2D eigenvalue weighted by molar-refractivity contribution is 8.18. The Morgan fingerprint density at radius 1 is 0.804 bits per heavy atom. The Bertz CT molecular complexity index is 1190.